The minimum Gasteiger partial charge on any atom is -0.508 e. The Hall–Kier alpha value is -2.04. The number of nitrogens with one attached hydrogen (secondary N) is 1. The normalized spacial score (nSPS) is 15.8. The molecule has 0 bridgehead atoms. The molecule has 2 rings (SSSR count). The van der Waals surface area contributed by atoms with Gasteiger partial charge in [0, 0.05) is 19.5 Å². The van der Waals surface area contributed by atoms with Crippen LogP contribution in [0.15, 0.2) is 24.3 Å². The minimum atomic E-state index is -0.103. The van der Waals surface area contributed by atoms with Gasteiger partial charge in [-0.2, -0.15) is 0 Å². The van der Waals surface area contributed by atoms with Crippen LogP contribution in [0.4, 0.5) is 0 Å². The summed E-state index contributed by atoms with van der Waals surface area (Å²) in [5.41, 5.74) is 0.759. The molecule has 1 aromatic carbocycles. The Kier molecular flexibility index (Phi) is 4.39. The summed E-state index contributed by atoms with van der Waals surface area (Å²) in [6.07, 6.45) is 1.59. The Morgan fingerprint density at radius 3 is 2.95 bits per heavy atom. The first kappa shape index (κ1) is 13.4. The fourth-order valence-corrected chi connectivity index (χ4v) is 2.14. The number of para-hydroxylation sites is 1. The number of benzene rings is 1. The van der Waals surface area contributed by atoms with Crippen molar-refractivity contribution in [2.75, 3.05) is 19.6 Å². The summed E-state index contributed by atoms with van der Waals surface area (Å²) in [6.45, 7) is 1.38. The molecule has 5 nitrogen and oxygen atoms in total. The number of hydrogen-bond acceptors (Lipinski definition) is 3. The third kappa shape index (κ3) is 3.71. The second-order valence-electron chi connectivity index (χ2n) is 4.65. The number of phenols is 1. The van der Waals surface area contributed by atoms with E-state index in [1.807, 2.05) is 6.07 Å². The average Bonchev–Trinajstić information content (AvgIpc) is 2.62. The molecule has 0 radical (unpaired) electrons. The second kappa shape index (κ2) is 6.22. The van der Waals surface area contributed by atoms with Crippen molar-refractivity contribution in [3.8, 4) is 5.75 Å². The quantitative estimate of drug-likeness (QED) is 0.841. The number of hydrogen-bond donors (Lipinski definition) is 2. The lowest BCUT2D eigenvalue weighted by molar-refractivity contribution is -0.135. The van der Waals surface area contributed by atoms with Crippen molar-refractivity contribution < 1.29 is 14.7 Å². The molecule has 1 saturated heterocycles. The highest BCUT2D eigenvalue weighted by Crippen LogP contribution is 2.17. The van der Waals surface area contributed by atoms with Crippen LogP contribution in [0.25, 0.3) is 0 Å². The number of carbonyl (C=O) groups excluding carboxylic acids is 2. The van der Waals surface area contributed by atoms with Gasteiger partial charge >= 0.3 is 0 Å². The van der Waals surface area contributed by atoms with Gasteiger partial charge < -0.3 is 15.3 Å². The molecule has 102 valence electrons. The molecule has 1 heterocycles. The molecular formula is C14H18N2O3. The van der Waals surface area contributed by atoms with E-state index < -0.39 is 0 Å². The molecule has 1 aliphatic rings. The van der Waals surface area contributed by atoms with Crippen LogP contribution in [0.3, 0.4) is 0 Å². The molecule has 1 aromatic rings. The highest BCUT2D eigenvalue weighted by atomic mass is 16.3. The van der Waals surface area contributed by atoms with Crippen LogP contribution in [0.1, 0.15) is 18.4 Å². The Labute approximate surface area is 112 Å². The van der Waals surface area contributed by atoms with Crippen molar-refractivity contribution >= 4 is 11.8 Å². The SMILES string of the molecule is O=C1CN(C(=O)CCc2ccccc2O)CCCN1. The van der Waals surface area contributed by atoms with E-state index in [9.17, 15) is 14.7 Å². The zero-order valence-corrected chi connectivity index (χ0v) is 10.8. The van der Waals surface area contributed by atoms with E-state index in [1.165, 1.54) is 0 Å². The zero-order chi connectivity index (χ0) is 13.7. The third-order valence-electron chi connectivity index (χ3n) is 3.21. The molecule has 1 aliphatic heterocycles. The van der Waals surface area contributed by atoms with E-state index in [-0.39, 0.29) is 24.1 Å². The summed E-state index contributed by atoms with van der Waals surface area (Å²) >= 11 is 0. The Bertz CT molecular complexity index is 474. The predicted octanol–water partition coefficient (Wildman–Crippen LogP) is 0.673. The minimum absolute atomic E-state index is 0.0414. The molecule has 0 unspecified atom stereocenters. The van der Waals surface area contributed by atoms with Gasteiger partial charge in [-0.3, -0.25) is 9.59 Å². The Morgan fingerprint density at radius 2 is 2.16 bits per heavy atom. The zero-order valence-electron chi connectivity index (χ0n) is 10.8. The monoisotopic (exact) mass is 262 g/mol. The first-order valence-corrected chi connectivity index (χ1v) is 6.48. The number of carbonyl (C=O) groups is 2. The molecule has 0 spiro atoms. The number of phenolic OH excluding ortho intramolecular Hbond substituents is 1. The second-order valence-corrected chi connectivity index (χ2v) is 4.65. The molecule has 0 saturated carbocycles. The van der Waals surface area contributed by atoms with Gasteiger partial charge in [-0.05, 0) is 24.5 Å². The first-order valence-electron chi connectivity index (χ1n) is 6.48. The van der Waals surface area contributed by atoms with E-state index in [1.54, 1.807) is 23.1 Å². The molecule has 2 amide bonds. The summed E-state index contributed by atoms with van der Waals surface area (Å²) in [6, 6.07) is 7.00. The summed E-state index contributed by atoms with van der Waals surface area (Å²) in [4.78, 5) is 25.0. The van der Waals surface area contributed by atoms with E-state index in [4.69, 9.17) is 0 Å². The van der Waals surface area contributed by atoms with E-state index in [0.29, 0.717) is 25.9 Å². The van der Waals surface area contributed by atoms with Crippen LogP contribution in [0, 0.1) is 0 Å². The Morgan fingerprint density at radius 1 is 1.37 bits per heavy atom. The first-order chi connectivity index (χ1) is 9.16. The van der Waals surface area contributed by atoms with Gasteiger partial charge in [0.1, 0.15) is 5.75 Å². The maximum atomic E-state index is 12.0. The summed E-state index contributed by atoms with van der Waals surface area (Å²) in [5.74, 6) is 0.0672. The lowest BCUT2D eigenvalue weighted by Crippen LogP contribution is -2.37. The fourth-order valence-electron chi connectivity index (χ4n) is 2.14. The highest BCUT2D eigenvalue weighted by molar-refractivity contribution is 5.85. The number of amides is 2. The lowest BCUT2D eigenvalue weighted by Gasteiger charge is -2.19. The molecule has 19 heavy (non-hydrogen) atoms. The Balaban J connectivity index is 1.90. The van der Waals surface area contributed by atoms with Gasteiger partial charge in [-0.1, -0.05) is 18.2 Å². The molecule has 5 heteroatoms. The van der Waals surface area contributed by atoms with Crippen molar-refractivity contribution in [2.24, 2.45) is 0 Å². The summed E-state index contributed by atoms with van der Waals surface area (Å²) in [7, 11) is 0. The van der Waals surface area contributed by atoms with Crippen molar-refractivity contribution in [1.29, 1.82) is 0 Å². The maximum Gasteiger partial charge on any atom is 0.239 e. The van der Waals surface area contributed by atoms with Gasteiger partial charge in [0.2, 0.25) is 11.8 Å². The van der Waals surface area contributed by atoms with Crippen LogP contribution in [0.2, 0.25) is 0 Å². The van der Waals surface area contributed by atoms with Crippen molar-refractivity contribution in [2.45, 2.75) is 19.3 Å². The van der Waals surface area contributed by atoms with Gasteiger partial charge in [0.25, 0.3) is 0 Å². The lowest BCUT2D eigenvalue weighted by atomic mass is 10.1. The van der Waals surface area contributed by atoms with E-state index >= 15 is 0 Å². The molecule has 0 aliphatic carbocycles. The molecule has 1 fully saturated rings. The van der Waals surface area contributed by atoms with Gasteiger partial charge in [-0.25, -0.2) is 0 Å². The molecule has 0 atom stereocenters. The van der Waals surface area contributed by atoms with Gasteiger partial charge in [0.15, 0.2) is 0 Å². The fraction of sp³-hybridized carbons (Fsp3) is 0.429. The number of rotatable bonds is 3. The summed E-state index contributed by atoms with van der Waals surface area (Å²) < 4.78 is 0. The standard InChI is InChI=1S/C14H18N2O3/c17-12-5-2-1-4-11(12)6-7-14(19)16-9-3-8-15-13(18)10-16/h1-2,4-5,17H,3,6-10H2,(H,15,18). The molecule has 0 aromatic heterocycles. The highest BCUT2D eigenvalue weighted by Gasteiger charge is 2.19. The average molecular weight is 262 g/mol. The topological polar surface area (TPSA) is 69.6 Å². The van der Waals surface area contributed by atoms with Gasteiger partial charge in [-0.15, -0.1) is 0 Å². The van der Waals surface area contributed by atoms with Crippen LogP contribution in [-0.4, -0.2) is 41.5 Å². The number of nitrogens with zero attached hydrogens (tertiary/aromatic N) is 1. The van der Waals surface area contributed by atoms with E-state index in [2.05, 4.69) is 5.32 Å². The van der Waals surface area contributed by atoms with Crippen molar-refractivity contribution in [3.63, 3.8) is 0 Å². The predicted molar refractivity (Wildman–Crippen MR) is 70.6 cm³/mol. The maximum absolute atomic E-state index is 12.0. The third-order valence-corrected chi connectivity index (χ3v) is 3.21. The largest absolute Gasteiger partial charge is 0.508 e. The summed E-state index contributed by atoms with van der Waals surface area (Å²) in [5, 5.41) is 12.4. The van der Waals surface area contributed by atoms with Crippen molar-refractivity contribution in [3.05, 3.63) is 29.8 Å². The van der Waals surface area contributed by atoms with E-state index in [0.717, 1.165) is 12.0 Å². The number of aromatic hydroxyl groups is 1. The van der Waals surface area contributed by atoms with Gasteiger partial charge in [0.05, 0.1) is 6.54 Å². The van der Waals surface area contributed by atoms with Crippen LogP contribution in [0.5, 0.6) is 5.75 Å². The van der Waals surface area contributed by atoms with Crippen LogP contribution in [-0.2, 0) is 16.0 Å². The molecule has 2 N–H and O–H groups in total. The van der Waals surface area contributed by atoms with Crippen LogP contribution < -0.4 is 5.32 Å². The number of aryl methyl sites for hydroxylation is 1. The van der Waals surface area contributed by atoms with Crippen LogP contribution >= 0.6 is 0 Å². The molecular weight excluding hydrogens is 244 g/mol. The smallest absolute Gasteiger partial charge is 0.239 e. The van der Waals surface area contributed by atoms with Crippen molar-refractivity contribution in [1.82, 2.24) is 10.2 Å².